The van der Waals surface area contributed by atoms with Crippen LogP contribution in [0.2, 0.25) is 0 Å². The number of methoxy groups -OCH3 is 1. The highest BCUT2D eigenvalue weighted by Crippen LogP contribution is 2.20. The summed E-state index contributed by atoms with van der Waals surface area (Å²) in [6.07, 6.45) is 0.858. The van der Waals surface area contributed by atoms with Gasteiger partial charge >= 0.3 is 0 Å². The van der Waals surface area contributed by atoms with Crippen molar-refractivity contribution in [2.45, 2.75) is 39.8 Å². The van der Waals surface area contributed by atoms with Gasteiger partial charge in [0.25, 0.3) is 0 Å². The quantitative estimate of drug-likeness (QED) is 0.315. The Morgan fingerprint density at radius 1 is 1.28 bits per heavy atom. The average Bonchev–Trinajstić information content (AvgIpc) is 2.24. The van der Waals surface area contributed by atoms with E-state index in [4.69, 9.17) is 34.6 Å². The molecular formula is C11H22ClN3OS2. The first kappa shape index (κ1) is 19.9. The fraction of sp³-hybridized carbons (Fsp3) is 0.727. The molecule has 0 aliphatic carbocycles. The second kappa shape index (κ2) is 8.61. The molecule has 0 aliphatic rings. The summed E-state index contributed by atoms with van der Waals surface area (Å²) in [6.45, 7) is 7.61. The predicted octanol–water partition coefficient (Wildman–Crippen LogP) is 2.65. The van der Waals surface area contributed by atoms with Crippen LogP contribution in [0.5, 0.6) is 0 Å². The van der Waals surface area contributed by atoms with Crippen LogP contribution in [0.4, 0.5) is 0 Å². The number of nitrogens with one attached hydrogen (secondary N) is 3. The highest BCUT2D eigenvalue weighted by Gasteiger charge is 2.41. The highest BCUT2D eigenvalue weighted by molar-refractivity contribution is 7.80. The summed E-state index contributed by atoms with van der Waals surface area (Å²) in [6, 6.07) is 0. The van der Waals surface area contributed by atoms with Gasteiger partial charge in [-0.05, 0) is 20.3 Å². The van der Waals surface area contributed by atoms with Gasteiger partial charge in [0.1, 0.15) is 0 Å². The van der Waals surface area contributed by atoms with Crippen LogP contribution < -0.4 is 10.6 Å². The summed E-state index contributed by atoms with van der Waals surface area (Å²) in [7, 11) is 1.47. The summed E-state index contributed by atoms with van der Waals surface area (Å²) >= 11 is 10.2. The van der Waals surface area contributed by atoms with Crippen molar-refractivity contribution in [3.63, 3.8) is 0 Å². The van der Waals surface area contributed by atoms with Crippen LogP contribution in [0.3, 0.4) is 0 Å². The molecule has 0 aromatic heterocycles. The Hall–Kier alpha value is -0.460. The number of hydrogen-bond acceptors (Lipinski definition) is 4. The third-order valence-corrected chi connectivity index (χ3v) is 2.86. The lowest BCUT2D eigenvalue weighted by atomic mass is 9.90. The zero-order chi connectivity index (χ0) is 13.6. The summed E-state index contributed by atoms with van der Waals surface area (Å²) < 4.78 is 5.08. The number of thiocarbonyl (C=S) groups is 2. The molecule has 106 valence electrons. The summed E-state index contributed by atoms with van der Waals surface area (Å²) in [5, 5.41) is 14.2. The second-order valence-electron chi connectivity index (χ2n) is 4.01. The minimum absolute atomic E-state index is 0. The monoisotopic (exact) mass is 311 g/mol. The van der Waals surface area contributed by atoms with E-state index in [9.17, 15) is 0 Å². The Kier molecular flexibility index (Phi) is 9.50. The minimum Gasteiger partial charge on any atom is -0.481 e. The van der Waals surface area contributed by atoms with Crippen molar-refractivity contribution in [2.24, 2.45) is 5.92 Å². The van der Waals surface area contributed by atoms with Crippen molar-refractivity contribution in [3.05, 3.63) is 0 Å². The Morgan fingerprint density at radius 2 is 1.67 bits per heavy atom. The zero-order valence-corrected chi connectivity index (χ0v) is 13.9. The van der Waals surface area contributed by atoms with Crippen LogP contribution >= 0.6 is 36.8 Å². The van der Waals surface area contributed by atoms with Gasteiger partial charge in [0, 0.05) is 5.92 Å². The van der Waals surface area contributed by atoms with Gasteiger partial charge in [0.2, 0.25) is 5.90 Å². The summed E-state index contributed by atoms with van der Waals surface area (Å²) in [5.41, 5.74) is -0.860. The third kappa shape index (κ3) is 5.04. The maximum absolute atomic E-state index is 8.00. The molecule has 0 amide bonds. The van der Waals surface area contributed by atoms with Crippen molar-refractivity contribution in [2.75, 3.05) is 7.11 Å². The molecule has 0 rings (SSSR count). The van der Waals surface area contributed by atoms with Crippen molar-refractivity contribution in [3.8, 4) is 0 Å². The summed E-state index contributed by atoms with van der Waals surface area (Å²) in [4.78, 5) is 1.19. The van der Waals surface area contributed by atoms with Crippen molar-refractivity contribution in [1.82, 2.24) is 10.6 Å². The van der Waals surface area contributed by atoms with Gasteiger partial charge < -0.3 is 15.4 Å². The van der Waals surface area contributed by atoms with Crippen LogP contribution in [-0.4, -0.2) is 28.6 Å². The van der Waals surface area contributed by atoms with E-state index in [1.165, 1.54) is 7.11 Å². The van der Waals surface area contributed by atoms with Crippen LogP contribution in [0.1, 0.15) is 34.1 Å². The molecule has 0 saturated heterocycles. The van der Waals surface area contributed by atoms with Crippen molar-refractivity contribution >= 4 is 52.7 Å². The molecule has 3 N–H and O–H groups in total. The number of halogens is 1. The second-order valence-corrected chi connectivity index (χ2v) is 5.24. The van der Waals surface area contributed by atoms with Gasteiger partial charge in [-0.1, -0.05) is 38.3 Å². The Labute approximate surface area is 126 Å². The largest absolute Gasteiger partial charge is 0.481 e. The Balaban J connectivity index is 0. The fourth-order valence-corrected chi connectivity index (χ4v) is 1.96. The lowest BCUT2D eigenvalue weighted by molar-refractivity contribution is 0.247. The molecule has 18 heavy (non-hydrogen) atoms. The normalized spacial score (nSPS) is 11.8. The molecule has 0 aliphatic heterocycles. The topological polar surface area (TPSA) is 57.1 Å². The van der Waals surface area contributed by atoms with Gasteiger partial charge in [-0.25, -0.2) is 0 Å². The van der Waals surface area contributed by atoms with Crippen molar-refractivity contribution in [1.29, 1.82) is 5.41 Å². The maximum Gasteiger partial charge on any atom is 0.228 e. The van der Waals surface area contributed by atoms with E-state index >= 15 is 0 Å². The lowest BCUT2D eigenvalue weighted by Gasteiger charge is -2.40. The molecule has 0 heterocycles. The third-order valence-electron chi connectivity index (χ3n) is 2.66. The van der Waals surface area contributed by atoms with E-state index in [2.05, 4.69) is 10.6 Å². The van der Waals surface area contributed by atoms with Gasteiger partial charge in [0.15, 0.2) is 5.66 Å². The van der Waals surface area contributed by atoms with E-state index < -0.39 is 5.66 Å². The predicted molar refractivity (Wildman–Crippen MR) is 87.0 cm³/mol. The van der Waals surface area contributed by atoms with Gasteiger partial charge in [-0.3, -0.25) is 5.41 Å². The molecule has 0 radical (unpaired) electrons. The van der Waals surface area contributed by atoms with Gasteiger partial charge in [-0.2, -0.15) is 0 Å². The molecule has 0 aromatic rings. The Bertz CT molecular complexity index is 307. The number of rotatable bonds is 5. The summed E-state index contributed by atoms with van der Waals surface area (Å²) in [5.74, 6) is 0.186. The van der Waals surface area contributed by atoms with E-state index in [1.54, 1.807) is 13.8 Å². The molecule has 1 unspecified atom stereocenters. The molecule has 0 bridgehead atoms. The SMILES string of the molecule is CCC(C)C(NC(C)=S)(NC(C)=S)C(=N)OC.Cl. The molecule has 1 atom stereocenters. The number of ether oxygens (including phenoxy) is 1. The van der Waals surface area contributed by atoms with Gasteiger partial charge in [-0.15, -0.1) is 12.4 Å². The lowest BCUT2D eigenvalue weighted by Crippen LogP contribution is -2.68. The van der Waals surface area contributed by atoms with E-state index in [0.29, 0.717) is 9.98 Å². The van der Waals surface area contributed by atoms with Crippen LogP contribution in [0.25, 0.3) is 0 Å². The molecule has 0 fully saturated rings. The molecule has 0 aromatic carbocycles. The molecule has 4 nitrogen and oxygen atoms in total. The zero-order valence-electron chi connectivity index (χ0n) is 11.4. The first-order valence-corrected chi connectivity index (χ1v) is 6.32. The molecular weight excluding hydrogens is 290 g/mol. The maximum atomic E-state index is 8.00. The Morgan fingerprint density at radius 3 is 1.89 bits per heavy atom. The standard InChI is InChI=1S/C11H21N3OS2.ClH/c1-6-7(2)11(10(12)15-5,13-8(3)16)14-9(4)17;/h7,12H,6H2,1-5H3,(H,13,16)(H,14,17);1H. The average molecular weight is 312 g/mol. The highest BCUT2D eigenvalue weighted by atomic mass is 35.5. The van der Waals surface area contributed by atoms with E-state index in [1.807, 2.05) is 13.8 Å². The van der Waals surface area contributed by atoms with Crippen LogP contribution in [0, 0.1) is 11.3 Å². The smallest absolute Gasteiger partial charge is 0.228 e. The molecule has 0 saturated carbocycles. The van der Waals surface area contributed by atoms with E-state index in [0.717, 1.165) is 6.42 Å². The number of hydrogen-bond donors (Lipinski definition) is 3. The first-order valence-electron chi connectivity index (χ1n) is 5.50. The van der Waals surface area contributed by atoms with Crippen molar-refractivity contribution < 1.29 is 4.74 Å². The first-order chi connectivity index (χ1) is 7.80. The van der Waals surface area contributed by atoms with Gasteiger partial charge in [0.05, 0.1) is 17.1 Å². The molecule has 7 heteroatoms. The molecule has 0 spiro atoms. The van der Waals surface area contributed by atoms with Crippen LogP contribution in [0.15, 0.2) is 0 Å². The minimum atomic E-state index is -0.860. The van der Waals surface area contributed by atoms with Crippen LogP contribution in [-0.2, 0) is 4.74 Å². The van der Waals surface area contributed by atoms with E-state index in [-0.39, 0.29) is 24.2 Å². The fourth-order valence-electron chi connectivity index (χ4n) is 1.64.